The minimum Gasteiger partial charge on any atom is -0.477 e. The maximum absolute atomic E-state index is 13.2. The molecule has 2 aliphatic rings. The van der Waals surface area contributed by atoms with E-state index < -0.39 is 0 Å². The summed E-state index contributed by atoms with van der Waals surface area (Å²) in [4.78, 5) is 18.4. The number of morpholine rings is 1. The Bertz CT molecular complexity index is 808. The summed E-state index contributed by atoms with van der Waals surface area (Å²) in [6, 6.07) is 8.40. The minimum atomic E-state index is -0.303. The van der Waals surface area contributed by atoms with E-state index in [1.165, 1.54) is 12.1 Å². The molecule has 2 aliphatic heterocycles. The molecule has 1 aromatic carbocycles. The molecule has 3 heterocycles. The molecule has 1 saturated heterocycles. The van der Waals surface area contributed by atoms with Crippen LogP contribution in [-0.2, 0) is 17.7 Å². The molecule has 0 amide bonds. The first-order chi connectivity index (χ1) is 11.7. The number of rotatable bonds is 4. The van der Waals surface area contributed by atoms with Crippen molar-refractivity contribution >= 4 is 5.82 Å². The summed E-state index contributed by atoms with van der Waals surface area (Å²) in [7, 11) is 0. The van der Waals surface area contributed by atoms with Gasteiger partial charge in [0.1, 0.15) is 11.6 Å². The third-order valence-electron chi connectivity index (χ3n) is 4.41. The van der Waals surface area contributed by atoms with Gasteiger partial charge in [0.2, 0.25) is 5.88 Å². The van der Waals surface area contributed by atoms with Crippen LogP contribution in [0.25, 0.3) is 0 Å². The van der Waals surface area contributed by atoms with Crippen molar-refractivity contribution in [1.82, 2.24) is 9.55 Å². The first kappa shape index (κ1) is 15.1. The molecule has 1 aromatic heterocycles. The molecule has 0 spiro atoms. The normalized spacial score (nSPS) is 19.0. The number of benzene rings is 1. The number of aromatic nitrogens is 2. The van der Waals surface area contributed by atoms with E-state index in [9.17, 15) is 9.18 Å². The molecule has 0 saturated carbocycles. The number of hydrogen-bond donors (Lipinski definition) is 0. The lowest BCUT2D eigenvalue weighted by molar-refractivity contribution is 0.0956. The quantitative estimate of drug-likeness (QED) is 0.843. The molecular formula is C17H18FN3O3. The predicted molar refractivity (Wildman–Crippen MR) is 86.0 cm³/mol. The van der Waals surface area contributed by atoms with Crippen molar-refractivity contribution in [2.24, 2.45) is 0 Å². The first-order valence-corrected chi connectivity index (χ1v) is 8.04. The maximum atomic E-state index is 13.2. The molecule has 4 rings (SSSR count). The van der Waals surface area contributed by atoms with E-state index in [1.54, 1.807) is 16.7 Å². The summed E-state index contributed by atoms with van der Waals surface area (Å²) >= 11 is 0. The van der Waals surface area contributed by atoms with Gasteiger partial charge in [0.15, 0.2) is 0 Å². The van der Waals surface area contributed by atoms with Crippen molar-refractivity contribution in [1.29, 1.82) is 0 Å². The van der Waals surface area contributed by atoms with Gasteiger partial charge < -0.3 is 14.4 Å². The number of fused-ring (bicyclic) bond motifs is 3. The number of hydrogen-bond acceptors (Lipinski definition) is 5. The van der Waals surface area contributed by atoms with Crippen LogP contribution in [0, 0.1) is 5.82 Å². The molecule has 24 heavy (non-hydrogen) atoms. The zero-order chi connectivity index (χ0) is 16.5. The molecule has 0 bridgehead atoms. The van der Waals surface area contributed by atoms with Gasteiger partial charge in [-0.15, -0.1) is 0 Å². The highest BCUT2D eigenvalue weighted by molar-refractivity contribution is 5.47. The molecule has 1 unspecified atom stereocenters. The molecule has 0 N–H and O–H groups in total. The Balaban J connectivity index is 1.47. The Hall–Kier alpha value is -2.41. The zero-order valence-electron chi connectivity index (χ0n) is 13.2. The van der Waals surface area contributed by atoms with E-state index >= 15 is 0 Å². The number of nitrogens with zero attached hydrogens (tertiary/aromatic N) is 3. The summed E-state index contributed by atoms with van der Waals surface area (Å²) in [5.74, 6) is 0.888. The van der Waals surface area contributed by atoms with E-state index in [0.717, 1.165) is 17.9 Å². The average Bonchev–Trinajstić information content (AvgIpc) is 2.95. The van der Waals surface area contributed by atoms with Crippen LogP contribution < -0.4 is 15.3 Å². The van der Waals surface area contributed by atoms with Gasteiger partial charge in [0, 0.05) is 19.0 Å². The number of halogens is 1. The van der Waals surface area contributed by atoms with Crippen molar-refractivity contribution in [2.75, 3.05) is 31.3 Å². The Labute approximate surface area is 138 Å². The maximum Gasteiger partial charge on any atom is 0.352 e. The molecule has 126 valence electrons. The van der Waals surface area contributed by atoms with Gasteiger partial charge in [-0.25, -0.2) is 9.18 Å². The Kier molecular flexibility index (Phi) is 3.93. The van der Waals surface area contributed by atoms with Gasteiger partial charge in [0.25, 0.3) is 0 Å². The van der Waals surface area contributed by atoms with E-state index in [1.807, 2.05) is 6.07 Å². The van der Waals surface area contributed by atoms with Gasteiger partial charge in [0.05, 0.1) is 32.4 Å². The summed E-state index contributed by atoms with van der Waals surface area (Å²) in [5, 5.41) is 0. The highest BCUT2D eigenvalue weighted by atomic mass is 19.1. The van der Waals surface area contributed by atoms with Crippen molar-refractivity contribution < 1.29 is 13.9 Å². The van der Waals surface area contributed by atoms with Gasteiger partial charge in [-0.2, -0.15) is 4.98 Å². The van der Waals surface area contributed by atoms with Crippen LogP contribution >= 0.6 is 0 Å². The summed E-state index contributed by atoms with van der Waals surface area (Å²) in [5.41, 5.74) is 0.545. The van der Waals surface area contributed by atoms with Crippen molar-refractivity contribution in [3.05, 3.63) is 52.2 Å². The van der Waals surface area contributed by atoms with E-state index in [-0.39, 0.29) is 17.5 Å². The highest BCUT2D eigenvalue weighted by Crippen LogP contribution is 2.28. The smallest absolute Gasteiger partial charge is 0.352 e. The standard InChI is InChI=1S/C17H18FN3O3/c18-13-3-1-2-12(8-13)4-6-24-15-9-16-20-5-7-23-11-14(20)10-21(16)17(22)19-15/h1-3,8-9,14H,4-7,10-11H2. The van der Waals surface area contributed by atoms with Crippen LogP contribution in [0.2, 0.25) is 0 Å². The van der Waals surface area contributed by atoms with E-state index in [4.69, 9.17) is 9.47 Å². The first-order valence-electron chi connectivity index (χ1n) is 8.04. The Morgan fingerprint density at radius 1 is 1.38 bits per heavy atom. The molecule has 6 nitrogen and oxygen atoms in total. The van der Waals surface area contributed by atoms with Crippen molar-refractivity contribution in [2.45, 2.75) is 19.0 Å². The predicted octanol–water partition coefficient (Wildman–Crippen LogP) is 1.22. The largest absolute Gasteiger partial charge is 0.477 e. The molecule has 7 heteroatoms. The fourth-order valence-electron chi connectivity index (χ4n) is 3.24. The molecular weight excluding hydrogens is 313 g/mol. The molecule has 0 aliphatic carbocycles. The second-order valence-electron chi connectivity index (χ2n) is 6.00. The van der Waals surface area contributed by atoms with Gasteiger partial charge in [-0.05, 0) is 17.7 Å². The third-order valence-corrected chi connectivity index (χ3v) is 4.41. The van der Waals surface area contributed by atoms with Crippen LogP contribution in [0.15, 0.2) is 35.1 Å². The SMILES string of the molecule is O=c1nc(OCCc2cccc(F)c2)cc2n1CC1COCCN21. The summed E-state index contributed by atoms with van der Waals surface area (Å²) in [6.07, 6.45) is 0.554. The van der Waals surface area contributed by atoms with Crippen LogP contribution in [0.3, 0.4) is 0 Å². The van der Waals surface area contributed by atoms with Crippen molar-refractivity contribution in [3.8, 4) is 5.88 Å². The monoisotopic (exact) mass is 331 g/mol. The lowest BCUT2D eigenvalue weighted by Gasteiger charge is -2.30. The molecule has 0 radical (unpaired) electrons. The van der Waals surface area contributed by atoms with Gasteiger partial charge in [-0.1, -0.05) is 12.1 Å². The van der Waals surface area contributed by atoms with Crippen molar-refractivity contribution in [3.63, 3.8) is 0 Å². The average molecular weight is 331 g/mol. The second kappa shape index (κ2) is 6.24. The van der Waals surface area contributed by atoms with Crippen LogP contribution in [0.1, 0.15) is 5.56 Å². The fourth-order valence-corrected chi connectivity index (χ4v) is 3.24. The fraction of sp³-hybridized carbons (Fsp3) is 0.412. The van der Waals surface area contributed by atoms with Gasteiger partial charge >= 0.3 is 5.69 Å². The molecule has 1 fully saturated rings. The Morgan fingerprint density at radius 3 is 3.17 bits per heavy atom. The lowest BCUT2D eigenvalue weighted by Crippen LogP contribution is -2.43. The number of anilines is 1. The second-order valence-corrected chi connectivity index (χ2v) is 6.00. The highest BCUT2D eigenvalue weighted by Gasteiger charge is 2.33. The van der Waals surface area contributed by atoms with Gasteiger partial charge in [-0.3, -0.25) is 4.57 Å². The molecule has 1 atom stereocenters. The minimum absolute atomic E-state index is 0.191. The van der Waals surface area contributed by atoms with Crippen LogP contribution in [0.5, 0.6) is 5.88 Å². The van der Waals surface area contributed by atoms with E-state index in [0.29, 0.717) is 38.7 Å². The third kappa shape index (κ3) is 2.87. The summed E-state index contributed by atoms with van der Waals surface area (Å²) in [6.45, 7) is 2.98. The topological polar surface area (TPSA) is 56.6 Å². The zero-order valence-corrected chi connectivity index (χ0v) is 13.2. The Morgan fingerprint density at radius 2 is 2.29 bits per heavy atom. The van der Waals surface area contributed by atoms with Crippen LogP contribution in [0.4, 0.5) is 10.2 Å². The number of ether oxygens (including phenoxy) is 2. The van der Waals surface area contributed by atoms with Crippen LogP contribution in [-0.4, -0.2) is 42.0 Å². The van der Waals surface area contributed by atoms with E-state index in [2.05, 4.69) is 9.88 Å². The lowest BCUT2D eigenvalue weighted by atomic mass is 10.2. The summed E-state index contributed by atoms with van der Waals surface area (Å²) < 4.78 is 25.9. The molecule has 2 aromatic rings.